The number of nitrogens with one attached hydrogen (secondary N) is 1. The van der Waals surface area contributed by atoms with E-state index in [1.165, 1.54) is 0 Å². The Hall–Kier alpha value is -2.73. The minimum atomic E-state index is -0.438. The van der Waals surface area contributed by atoms with Crippen LogP contribution < -0.4 is 16.6 Å². The lowest BCUT2D eigenvalue weighted by Gasteiger charge is -2.11. The van der Waals surface area contributed by atoms with Crippen LogP contribution >= 0.6 is 12.2 Å². The van der Waals surface area contributed by atoms with E-state index in [2.05, 4.69) is 10.3 Å². The average Bonchev–Trinajstić information content (AvgIpc) is 2.48. The fraction of sp³-hybridized carbons (Fsp3) is 0. The van der Waals surface area contributed by atoms with Crippen LogP contribution in [-0.4, -0.2) is 14.4 Å². The fourth-order valence-corrected chi connectivity index (χ4v) is 2.36. The summed E-state index contributed by atoms with van der Waals surface area (Å²) in [5.74, 6) is 0.277. The van der Waals surface area contributed by atoms with Crippen molar-refractivity contribution < 1.29 is 0 Å². The van der Waals surface area contributed by atoms with Crippen LogP contribution in [0.15, 0.2) is 59.5 Å². The highest BCUT2D eigenvalue weighted by Gasteiger charge is 2.15. The van der Waals surface area contributed by atoms with Crippen molar-refractivity contribution in [2.45, 2.75) is 0 Å². The molecule has 3 rings (SSSR count). The summed E-state index contributed by atoms with van der Waals surface area (Å²) in [6.07, 6.45) is 1.74. The molecule has 0 aliphatic carbocycles. The molecule has 0 amide bonds. The molecule has 0 bridgehead atoms. The first-order valence-corrected chi connectivity index (χ1v) is 6.71. The molecule has 0 aliphatic rings. The van der Waals surface area contributed by atoms with Gasteiger partial charge in [-0.2, -0.15) is 4.98 Å². The summed E-state index contributed by atoms with van der Waals surface area (Å²) >= 11 is 5.30. The van der Waals surface area contributed by atoms with Gasteiger partial charge in [-0.15, -0.1) is 0 Å². The molecule has 104 valence electrons. The number of hydrogen-bond acceptors (Lipinski definition) is 4. The molecule has 5 nitrogen and oxygen atoms in total. The molecule has 0 aliphatic heterocycles. The van der Waals surface area contributed by atoms with Gasteiger partial charge in [-0.3, -0.25) is 9.20 Å². The van der Waals surface area contributed by atoms with Crippen molar-refractivity contribution >= 4 is 34.4 Å². The van der Waals surface area contributed by atoms with E-state index in [0.29, 0.717) is 5.65 Å². The van der Waals surface area contributed by atoms with E-state index >= 15 is 0 Å². The largest absolute Gasteiger partial charge is 0.384 e. The van der Waals surface area contributed by atoms with E-state index < -0.39 is 5.56 Å². The third-order valence-corrected chi connectivity index (χ3v) is 3.35. The highest BCUT2D eigenvalue weighted by molar-refractivity contribution is 7.81. The average molecular weight is 296 g/mol. The normalized spacial score (nSPS) is 10.5. The second kappa shape index (κ2) is 5.34. The third-order valence-electron chi connectivity index (χ3n) is 3.04. The number of rotatable bonds is 2. The number of nitrogens with zero attached hydrogens (tertiary/aromatic N) is 2. The first kappa shape index (κ1) is 13.3. The van der Waals surface area contributed by atoms with Crippen LogP contribution in [0.3, 0.4) is 0 Å². The van der Waals surface area contributed by atoms with Crippen LogP contribution in [0.4, 0.5) is 11.5 Å². The quantitative estimate of drug-likeness (QED) is 0.708. The monoisotopic (exact) mass is 296 g/mol. The molecule has 1 aromatic carbocycles. The van der Waals surface area contributed by atoms with Gasteiger partial charge in [0.15, 0.2) is 0 Å². The number of aromatic nitrogens is 2. The van der Waals surface area contributed by atoms with Crippen molar-refractivity contribution in [3.8, 4) is 0 Å². The third kappa shape index (κ3) is 2.48. The Balaban J connectivity index is 2.08. The van der Waals surface area contributed by atoms with Gasteiger partial charge in [-0.05, 0) is 24.3 Å². The smallest absolute Gasteiger partial charge is 0.285 e. The maximum absolute atomic E-state index is 12.2. The van der Waals surface area contributed by atoms with Gasteiger partial charge in [0.2, 0.25) is 0 Å². The molecule has 2 heterocycles. The lowest BCUT2D eigenvalue weighted by Crippen LogP contribution is -2.26. The van der Waals surface area contributed by atoms with Gasteiger partial charge in [-0.1, -0.05) is 36.5 Å². The number of thiocarbonyl (C=S) groups is 1. The molecule has 0 fully saturated rings. The summed E-state index contributed by atoms with van der Waals surface area (Å²) in [5.41, 5.74) is 7.12. The van der Waals surface area contributed by atoms with Crippen LogP contribution in [0.1, 0.15) is 5.56 Å². The second-order valence-corrected chi connectivity index (χ2v) is 4.83. The molecule has 3 aromatic rings. The summed E-state index contributed by atoms with van der Waals surface area (Å²) < 4.78 is 1.63. The SMILES string of the molecule is Nc1c(C(=S)Nc2ccccc2)c(=O)nc2ccccn12. The van der Waals surface area contributed by atoms with Gasteiger partial charge in [0.05, 0.1) is 0 Å². The highest BCUT2D eigenvalue weighted by atomic mass is 32.1. The Bertz CT molecular complexity index is 874. The van der Waals surface area contributed by atoms with Gasteiger partial charge < -0.3 is 11.1 Å². The molecular formula is C15H12N4OS. The lowest BCUT2D eigenvalue weighted by molar-refractivity contribution is 1.08. The Kier molecular flexibility index (Phi) is 3.37. The minimum absolute atomic E-state index is 0.206. The standard InChI is InChI=1S/C15H12N4OS/c16-13-12(15(21)17-10-6-2-1-3-7-10)14(20)18-11-8-4-5-9-19(11)13/h1-9H,16H2,(H,17,21). The van der Waals surface area contributed by atoms with Gasteiger partial charge in [0.1, 0.15) is 22.0 Å². The molecular weight excluding hydrogens is 284 g/mol. The molecule has 6 heteroatoms. The zero-order valence-electron chi connectivity index (χ0n) is 11.0. The van der Waals surface area contributed by atoms with Gasteiger partial charge in [-0.25, -0.2) is 0 Å². The van der Waals surface area contributed by atoms with E-state index in [9.17, 15) is 4.79 Å². The molecule has 0 unspecified atom stereocenters. The highest BCUT2D eigenvalue weighted by Crippen LogP contribution is 2.13. The van der Waals surface area contributed by atoms with Crippen LogP contribution in [-0.2, 0) is 0 Å². The minimum Gasteiger partial charge on any atom is -0.384 e. The van der Waals surface area contributed by atoms with Crippen molar-refractivity contribution in [3.05, 3.63) is 70.6 Å². The van der Waals surface area contributed by atoms with Gasteiger partial charge in [0.25, 0.3) is 5.56 Å². The Morgan fingerprint density at radius 3 is 2.62 bits per heavy atom. The summed E-state index contributed by atoms with van der Waals surface area (Å²) in [5, 5.41) is 3.00. The molecule has 0 saturated heterocycles. The number of nitrogens with two attached hydrogens (primary N) is 1. The van der Waals surface area contributed by atoms with Gasteiger partial charge >= 0.3 is 0 Å². The van der Waals surface area contributed by atoms with E-state index in [1.54, 1.807) is 22.7 Å². The Labute approximate surface area is 126 Å². The van der Waals surface area contributed by atoms with Crippen molar-refractivity contribution in [2.75, 3.05) is 11.1 Å². The summed E-state index contributed by atoms with van der Waals surface area (Å²) in [7, 11) is 0. The predicted octanol–water partition coefficient (Wildman–Crippen LogP) is 2.06. The van der Waals surface area contributed by atoms with E-state index in [4.69, 9.17) is 18.0 Å². The molecule has 0 saturated carbocycles. The van der Waals surface area contributed by atoms with E-state index in [-0.39, 0.29) is 16.4 Å². The van der Waals surface area contributed by atoms with Crippen molar-refractivity contribution in [1.29, 1.82) is 0 Å². The first-order valence-electron chi connectivity index (χ1n) is 6.30. The maximum Gasteiger partial charge on any atom is 0.285 e. The fourth-order valence-electron chi connectivity index (χ4n) is 2.05. The second-order valence-electron chi connectivity index (χ2n) is 4.43. The molecule has 21 heavy (non-hydrogen) atoms. The van der Waals surface area contributed by atoms with Crippen molar-refractivity contribution in [2.24, 2.45) is 0 Å². The Morgan fingerprint density at radius 1 is 1.14 bits per heavy atom. The molecule has 3 N–H and O–H groups in total. The van der Waals surface area contributed by atoms with Crippen LogP contribution in [0.5, 0.6) is 0 Å². The van der Waals surface area contributed by atoms with E-state index in [1.807, 2.05) is 36.4 Å². The lowest BCUT2D eigenvalue weighted by atomic mass is 10.2. The molecule has 0 atom stereocenters. The molecule has 0 spiro atoms. The Morgan fingerprint density at radius 2 is 1.86 bits per heavy atom. The molecule has 0 radical (unpaired) electrons. The van der Waals surface area contributed by atoms with Crippen LogP contribution in [0.2, 0.25) is 0 Å². The number of fused-ring (bicyclic) bond motifs is 1. The number of nitrogen functional groups attached to an aromatic ring is 1. The number of para-hydroxylation sites is 1. The van der Waals surface area contributed by atoms with E-state index in [0.717, 1.165) is 5.69 Å². The summed E-state index contributed by atoms with van der Waals surface area (Å²) in [4.78, 5) is 16.4. The number of pyridine rings is 1. The van der Waals surface area contributed by atoms with Crippen molar-refractivity contribution in [1.82, 2.24) is 9.38 Å². The number of hydrogen-bond donors (Lipinski definition) is 2. The number of anilines is 2. The zero-order valence-corrected chi connectivity index (χ0v) is 11.8. The molecule has 2 aromatic heterocycles. The topological polar surface area (TPSA) is 72.4 Å². The van der Waals surface area contributed by atoms with Crippen LogP contribution in [0, 0.1) is 0 Å². The maximum atomic E-state index is 12.2. The zero-order chi connectivity index (χ0) is 14.8. The predicted molar refractivity (Wildman–Crippen MR) is 87.6 cm³/mol. The van der Waals surface area contributed by atoms with Crippen LogP contribution in [0.25, 0.3) is 5.65 Å². The summed E-state index contributed by atoms with van der Waals surface area (Å²) in [6, 6.07) is 14.7. The van der Waals surface area contributed by atoms with Crippen molar-refractivity contribution in [3.63, 3.8) is 0 Å². The summed E-state index contributed by atoms with van der Waals surface area (Å²) in [6.45, 7) is 0. The first-order chi connectivity index (χ1) is 10.2. The van der Waals surface area contributed by atoms with Gasteiger partial charge in [0, 0.05) is 11.9 Å². The number of benzene rings is 1.